The predicted octanol–water partition coefficient (Wildman–Crippen LogP) is 2.13. The van der Waals surface area contributed by atoms with Crippen LogP contribution in [0.3, 0.4) is 0 Å². The van der Waals surface area contributed by atoms with Crippen molar-refractivity contribution < 1.29 is 0 Å². The van der Waals surface area contributed by atoms with Gasteiger partial charge in [-0.3, -0.25) is 4.99 Å². The molecule has 0 aromatic carbocycles. The van der Waals surface area contributed by atoms with Crippen molar-refractivity contribution >= 4 is 16.9 Å². The molecule has 0 radical (unpaired) electrons. The maximum absolute atomic E-state index is 4.72. The van der Waals surface area contributed by atoms with Crippen molar-refractivity contribution in [2.75, 3.05) is 5.75 Å². The number of nitrogens with one attached hydrogen (secondary N) is 1. The lowest BCUT2D eigenvalue weighted by atomic mass is 9.96. The molecule has 0 amide bonds. The standard InChI is InChI=1S/C12H21N5S/c1-5-12(6-2)7-18-11(15-12)14-9(3)10-16-13-8-17(10)4/h8-9H,5-7H2,1-4H3,(H,14,15). The Labute approximate surface area is 112 Å². The summed E-state index contributed by atoms with van der Waals surface area (Å²) in [4.78, 5) is 4.72. The molecule has 2 rings (SSSR count). The molecule has 1 aromatic heterocycles. The van der Waals surface area contributed by atoms with Crippen molar-refractivity contribution in [1.82, 2.24) is 20.1 Å². The Balaban J connectivity index is 2.09. The Kier molecular flexibility index (Phi) is 3.94. The maximum atomic E-state index is 4.72. The van der Waals surface area contributed by atoms with Crippen LogP contribution in [0.15, 0.2) is 11.3 Å². The topological polar surface area (TPSA) is 55.1 Å². The van der Waals surface area contributed by atoms with Crippen LogP contribution in [0.4, 0.5) is 0 Å². The van der Waals surface area contributed by atoms with E-state index in [4.69, 9.17) is 4.99 Å². The molecule has 1 unspecified atom stereocenters. The molecule has 6 heteroatoms. The Hall–Kier alpha value is -1.04. The van der Waals surface area contributed by atoms with Crippen LogP contribution in [0.1, 0.15) is 45.5 Å². The minimum absolute atomic E-state index is 0.0389. The molecule has 1 aliphatic heterocycles. The lowest BCUT2D eigenvalue weighted by Crippen LogP contribution is -2.42. The molecule has 1 atom stereocenters. The fourth-order valence-corrected chi connectivity index (χ4v) is 3.52. The second-order valence-corrected chi connectivity index (χ2v) is 5.78. The van der Waals surface area contributed by atoms with Gasteiger partial charge in [0.25, 0.3) is 0 Å². The summed E-state index contributed by atoms with van der Waals surface area (Å²) in [5.41, 5.74) is 0.225. The lowest BCUT2D eigenvalue weighted by molar-refractivity contribution is 0.407. The second-order valence-electron chi connectivity index (χ2n) is 4.81. The van der Waals surface area contributed by atoms with Gasteiger partial charge in [-0.1, -0.05) is 25.6 Å². The molecule has 1 saturated heterocycles. The number of thioether (sulfide) groups is 1. The first-order chi connectivity index (χ1) is 8.60. The number of aromatic nitrogens is 3. The molecule has 18 heavy (non-hydrogen) atoms. The zero-order valence-electron chi connectivity index (χ0n) is 11.5. The van der Waals surface area contributed by atoms with E-state index >= 15 is 0 Å². The van der Waals surface area contributed by atoms with Crippen molar-refractivity contribution in [2.45, 2.75) is 45.2 Å². The number of amidine groups is 1. The monoisotopic (exact) mass is 267 g/mol. The number of hydrogen-bond donors (Lipinski definition) is 1. The minimum Gasteiger partial charge on any atom is -0.359 e. The van der Waals surface area contributed by atoms with Gasteiger partial charge in [0.15, 0.2) is 11.0 Å². The van der Waals surface area contributed by atoms with Crippen molar-refractivity contribution in [3.63, 3.8) is 0 Å². The van der Waals surface area contributed by atoms with Crippen molar-refractivity contribution in [1.29, 1.82) is 0 Å². The average Bonchev–Trinajstić information content (AvgIpc) is 2.96. The van der Waals surface area contributed by atoms with Gasteiger partial charge >= 0.3 is 0 Å². The molecule has 1 aromatic rings. The summed E-state index contributed by atoms with van der Waals surface area (Å²) in [6.07, 6.45) is 3.98. The van der Waals surface area contributed by atoms with Crippen LogP contribution in [-0.4, -0.2) is 31.2 Å². The molecular weight excluding hydrogens is 246 g/mol. The Morgan fingerprint density at radius 3 is 2.78 bits per heavy atom. The molecule has 1 N–H and O–H groups in total. The number of rotatable bonds is 4. The molecule has 0 aliphatic carbocycles. The molecule has 1 fully saturated rings. The fraction of sp³-hybridized carbons (Fsp3) is 0.750. The van der Waals surface area contributed by atoms with E-state index in [1.807, 2.05) is 23.4 Å². The first kappa shape index (κ1) is 13.4. The minimum atomic E-state index is 0.0389. The predicted molar refractivity (Wildman–Crippen MR) is 75.8 cm³/mol. The van der Waals surface area contributed by atoms with Crippen LogP contribution in [0.2, 0.25) is 0 Å². The molecule has 0 bridgehead atoms. The lowest BCUT2D eigenvalue weighted by Gasteiger charge is -2.25. The first-order valence-corrected chi connectivity index (χ1v) is 7.41. The third-order valence-corrected chi connectivity index (χ3v) is 4.82. The molecule has 0 saturated carbocycles. The molecule has 5 nitrogen and oxygen atoms in total. The summed E-state index contributed by atoms with van der Waals surface area (Å²) in [6, 6.07) is 0.0389. The Morgan fingerprint density at radius 1 is 1.56 bits per heavy atom. The highest BCUT2D eigenvalue weighted by atomic mass is 32.2. The van der Waals surface area contributed by atoms with Gasteiger partial charge in [0.05, 0.1) is 0 Å². The van der Waals surface area contributed by atoms with Gasteiger partial charge in [0.1, 0.15) is 12.4 Å². The third kappa shape index (κ3) is 2.53. The molecule has 100 valence electrons. The number of hydrogen-bond acceptors (Lipinski definition) is 4. The molecule has 2 heterocycles. The molecule has 0 spiro atoms. The smallest absolute Gasteiger partial charge is 0.157 e. The van der Waals surface area contributed by atoms with Crippen LogP contribution in [-0.2, 0) is 7.05 Å². The van der Waals surface area contributed by atoms with E-state index in [-0.39, 0.29) is 11.6 Å². The van der Waals surface area contributed by atoms with Crippen LogP contribution in [0, 0.1) is 0 Å². The van der Waals surface area contributed by atoms with E-state index in [1.165, 1.54) is 0 Å². The Bertz CT molecular complexity index is 435. The van der Waals surface area contributed by atoms with E-state index < -0.39 is 0 Å². The van der Waals surface area contributed by atoms with E-state index in [2.05, 4.69) is 36.3 Å². The second kappa shape index (κ2) is 5.30. The highest BCUT2D eigenvalue weighted by molar-refractivity contribution is 8.14. The van der Waals surface area contributed by atoms with E-state index in [0.717, 1.165) is 29.6 Å². The maximum Gasteiger partial charge on any atom is 0.157 e. The SMILES string of the molecule is CCC1(CC)CSC(=NC(C)c2nncn2C)N1. The van der Waals surface area contributed by atoms with Crippen LogP contribution >= 0.6 is 11.8 Å². The number of aryl methyl sites for hydroxylation is 1. The first-order valence-electron chi connectivity index (χ1n) is 6.43. The number of aliphatic imine (C=N–C) groups is 1. The van der Waals surface area contributed by atoms with Gasteiger partial charge in [-0.15, -0.1) is 10.2 Å². The summed E-state index contributed by atoms with van der Waals surface area (Å²) >= 11 is 1.81. The van der Waals surface area contributed by atoms with Crippen molar-refractivity contribution in [3.05, 3.63) is 12.2 Å². The quantitative estimate of drug-likeness (QED) is 0.908. The van der Waals surface area contributed by atoms with Crippen LogP contribution in [0.25, 0.3) is 0 Å². The Morgan fingerprint density at radius 2 is 2.28 bits per heavy atom. The normalized spacial score (nSPS) is 22.1. The van der Waals surface area contributed by atoms with Crippen LogP contribution < -0.4 is 5.32 Å². The van der Waals surface area contributed by atoms with Crippen LogP contribution in [0.5, 0.6) is 0 Å². The van der Waals surface area contributed by atoms with E-state index in [0.29, 0.717) is 0 Å². The summed E-state index contributed by atoms with van der Waals surface area (Å²) in [7, 11) is 1.95. The van der Waals surface area contributed by atoms with Gasteiger partial charge in [-0.2, -0.15) is 0 Å². The summed E-state index contributed by atoms with van der Waals surface area (Å²) < 4.78 is 1.92. The van der Waals surface area contributed by atoms with Gasteiger partial charge in [-0.25, -0.2) is 0 Å². The van der Waals surface area contributed by atoms with E-state index in [9.17, 15) is 0 Å². The van der Waals surface area contributed by atoms with Crippen molar-refractivity contribution in [2.24, 2.45) is 12.0 Å². The molecule has 1 aliphatic rings. The van der Waals surface area contributed by atoms with E-state index in [1.54, 1.807) is 6.33 Å². The van der Waals surface area contributed by atoms with Gasteiger partial charge < -0.3 is 9.88 Å². The number of nitrogens with zero attached hydrogens (tertiary/aromatic N) is 4. The highest BCUT2D eigenvalue weighted by Gasteiger charge is 2.34. The summed E-state index contributed by atoms with van der Waals surface area (Å²) in [6.45, 7) is 6.51. The summed E-state index contributed by atoms with van der Waals surface area (Å²) in [5, 5.41) is 12.6. The zero-order chi connectivity index (χ0) is 13.2. The zero-order valence-corrected chi connectivity index (χ0v) is 12.3. The van der Waals surface area contributed by atoms with Gasteiger partial charge in [0.2, 0.25) is 0 Å². The third-order valence-electron chi connectivity index (χ3n) is 3.64. The molecular formula is C12H21N5S. The van der Waals surface area contributed by atoms with Gasteiger partial charge in [0, 0.05) is 18.3 Å². The summed E-state index contributed by atoms with van der Waals surface area (Å²) in [5.74, 6) is 2.00. The van der Waals surface area contributed by atoms with Gasteiger partial charge in [-0.05, 0) is 19.8 Å². The van der Waals surface area contributed by atoms with Crippen molar-refractivity contribution in [3.8, 4) is 0 Å². The fourth-order valence-electron chi connectivity index (χ4n) is 2.11. The average molecular weight is 267 g/mol. The largest absolute Gasteiger partial charge is 0.359 e. The highest BCUT2D eigenvalue weighted by Crippen LogP contribution is 2.30.